The van der Waals surface area contributed by atoms with Gasteiger partial charge in [0.05, 0.1) is 13.7 Å². The van der Waals surface area contributed by atoms with E-state index in [0.29, 0.717) is 30.9 Å². The molecule has 0 radical (unpaired) electrons. The number of methoxy groups -OCH3 is 1. The average Bonchev–Trinajstić information content (AvgIpc) is 3.26. The van der Waals surface area contributed by atoms with Crippen molar-refractivity contribution in [1.82, 2.24) is 20.2 Å². The molecule has 0 saturated carbocycles. The van der Waals surface area contributed by atoms with E-state index in [0.717, 1.165) is 23.4 Å². The molecule has 0 aliphatic rings. The Morgan fingerprint density at radius 3 is 2.61 bits per heavy atom. The Morgan fingerprint density at radius 1 is 1.13 bits per heavy atom. The van der Waals surface area contributed by atoms with Gasteiger partial charge in [-0.05, 0) is 48.2 Å². The van der Waals surface area contributed by atoms with Crippen molar-refractivity contribution in [2.75, 3.05) is 7.11 Å². The summed E-state index contributed by atoms with van der Waals surface area (Å²) < 4.78 is 11.0. The molecule has 2 aromatic heterocycles. The predicted molar refractivity (Wildman–Crippen MR) is 118 cm³/mol. The summed E-state index contributed by atoms with van der Waals surface area (Å²) in [4.78, 5) is 23.1. The number of nitrogens with one attached hydrogen (secondary N) is 1. The van der Waals surface area contributed by atoms with Gasteiger partial charge in [-0.3, -0.25) is 14.7 Å². The number of carbonyl (C=O) groups is 1. The molecule has 7 nitrogen and oxygen atoms in total. The third-order valence-corrected chi connectivity index (χ3v) is 5.39. The van der Waals surface area contributed by atoms with Crippen LogP contribution in [0.5, 0.6) is 5.75 Å². The molecule has 1 aromatic carbocycles. The van der Waals surface area contributed by atoms with Crippen LogP contribution in [-0.2, 0) is 19.6 Å². The maximum Gasteiger partial charge on any atom is 0.273 e. The summed E-state index contributed by atoms with van der Waals surface area (Å²) in [5.41, 5.74) is 2.40. The summed E-state index contributed by atoms with van der Waals surface area (Å²) >= 11 is 0. The quantitative estimate of drug-likeness (QED) is 0.531. The monoisotopic (exact) mass is 422 g/mol. The van der Waals surface area contributed by atoms with Crippen molar-refractivity contribution >= 4 is 5.91 Å². The van der Waals surface area contributed by atoms with E-state index in [9.17, 15) is 4.79 Å². The molecule has 31 heavy (non-hydrogen) atoms. The molecule has 0 fully saturated rings. The van der Waals surface area contributed by atoms with Crippen LogP contribution in [0.2, 0.25) is 0 Å². The Morgan fingerprint density at radius 2 is 1.90 bits per heavy atom. The molecule has 0 aliphatic heterocycles. The van der Waals surface area contributed by atoms with Crippen LogP contribution < -0.4 is 10.1 Å². The molecule has 0 spiro atoms. The minimum Gasteiger partial charge on any atom is -0.497 e. The zero-order valence-electron chi connectivity index (χ0n) is 18.5. The minimum absolute atomic E-state index is 0.261. The first-order chi connectivity index (χ1) is 15.0. The number of pyridine rings is 1. The lowest BCUT2D eigenvalue weighted by Crippen LogP contribution is -2.36. The predicted octanol–water partition coefficient (Wildman–Crippen LogP) is 4.05. The third-order valence-electron chi connectivity index (χ3n) is 5.39. The molecule has 0 saturated heterocycles. The molecule has 2 heterocycles. The first-order valence-corrected chi connectivity index (χ1v) is 10.4. The van der Waals surface area contributed by atoms with Gasteiger partial charge in [-0.2, -0.15) is 0 Å². The number of nitrogens with zero attached hydrogens (tertiary/aromatic N) is 3. The molecule has 1 atom stereocenters. The van der Waals surface area contributed by atoms with Crippen molar-refractivity contribution in [2.45, 2.75) is 46.4 Å². The van der Waals surface area contributed by atoms with E-state index in [-0.39, 0.29) is 11.6 Å². The van der Waals surface area contributed by atoms with Crippen LogP contribution in [-0.4, -0.2) is 33.9 Å². The standard InChI is InChI=1S/C24H30N4O3/c1-17(2)18(3)28(14-20-6-5-7-21(12-20)30-4)15-23-27-22(16-31-23)24(29)26-13-19-8-10-25-11-9-19/h5-12,16-18H,13-15H2,1-4H3,(H,26,29)/t18-/m1/s1. The zero-order valence-corrected chi connectivity index (χ0v) is 18.5. The normalized spacial score (nSPS) is 12.2. The topological polar surface area (TPSA) is 80.5 Å². The number of hydrogen-bond donors (Lipinski definition) is 1. The van der Waals surface area contributed by atoms with Crippen LogP contribution in [0.25, 0.3) is 0 Å². The largest absolute Gasteiger partial charge is 0.497 e. The zero-order chi connectivity index (χ0) is 22.2. The van der Waals surface area contributed by atoms with Gasteiger partial charge in [-0.15, -0.1) is 0 Å². The molecule has 164 valence electrons. The Labute approximate surface area is 183 Å². The summed E-state index contributed by atoms with van der Waals surface area (Å²) in [6, 6.07) is 12.1. The van der Waals surface area contributed by atoms with Crippen molar-refractivity contribution in [3.63, 3.8) is 0 Å². The molecule has 1 amide bonds. The summed E-state index contributed by atoms with van der Waals surface area (Å²) in [6.07, 6.45) is 4.81. The summed E-state index contributed by atoms with van der Waals surface area (Å²) in [5.74, 6) is 1.54. The molecular weight excluding hydrogens is 392 g/mol. The summed E-state index contributed by atoms with van der Waals surface area (Å²) in [6.45, 7) is 8.22. The molecule has 7 heteroatoms. The number of amides is 1. The van der Waals surface area contributed by atoms with Gasteiger partial charge in [0.2, 0.25) is 5.89 Å². The molecular formula is C24H30N4O3. The van der Waals surface area contributed by atoms with Crippen LogP contribution in [0, 0.1) is 5.92 Å². The van der Waals surface area contributed by atoms with Crippen LogP contribution in [0.15, 0.2) is 59.5 Å². The van der Waals surface area contributed by atoms with Gasteiger partial charge in [-0.25, -0.2) is 4.98 Å². The molecule has 3 aromatic rings. The van der Waals surface area contributed by atoms with Gasteiger partial charge in [0.15, 0.2) is 5.69 Å². The highest BCUT2D eigenvalue weighted by atomic mass is 16.5. The molecule has 0 bridgehead atoms. The highest BCUT2D eigenvalue weighted by molar-refractivity contribution is 5.91. The minimum atomic E-state index is -0.261. The van der Waals surface area contributed by atoms with E-state index < -0.39 is 0 Å². The van der Waals surface area contributed by atoms with Crippen LogP contribution in [0.1, 0.15) is 48.3 Å². The van der Waals surface area contributed by atoms with E-state index in [2.05, 4.69) is 47.0 Å². The van der Waals surface area contributed by atoms with Gasteiger partial charge in [0.25, 0.3) is 5.91 Å². The van der Waals surface area contributed by atoms with Crippen molar-refractivity contribution < 1.29 is 13.9 Å². The first-order valence-electron chi connectivity index (χ1n) is 10.4. The highest BCUT2D eigenvalue weighted by Gasteiger charge is 2.21. The third kappa shape index (κ3) is 6.39. The van der Waals surface area contributed by atoms with Crippen molar-refractivity contribution in [3.8, 4) is 5.75 Å². The van der Waals surface area contributed by atoms with Gasteiger partial charge < -0.3 is 14.5 Å². The second-order valence-electron chi connectivity index (χ2n) is 7.91. The average molecular weight is 423 g/mol. The second kappa shape index (κ2) is 10.7. The van der Waals surface area contributed by atoms with E-state index in [1.54, 1.807) is 19.5 Å². The fourth-order valence-electron chi connectivity index (χ4n) is 3.21. The van der Waals surface area contributed by atoms with Gasteiger partial charge in [-0.1, -0.05) is 26.0 Å². The lowest BCUT2D eigenvalue weighted by atomic mass is 10.0. The fraction of sp³-hybridized carbons (Fsp3) is 0.375. The Balaban J connectivity index is 1.66. The van der Waals surface area contributed by atoms with Gasteiger partial charge in [0.1, 0.15) is 12.0 Å². The number of benzene rings is 1. The van der Waals surface area contributed by atoms with E-state index in [4.69, 9.17) is 9.15 Å². The Kier molecular flexibility index (Phi) is 7.78. The van der Waals surface area contributed by atoms with Crippen molar-refractivity contribution in [1.29, 1.82) is 0 Å². The Bertz CT molecular complexity index is 972. The number of hydrogen-bond acceptors (Lipinski definition) is 6. The number of carbonyl (C=O) groups excluding carboxylic acids is 1. The smallest absolute Gasteiger partial charge is 0.273 e. The van der Waals surface area contributed by atoms with E-state index >= 15 is 0 Å². The van der Waals surface area contributed by atoms with Crippen LogP contribution in [0.4, 0.5) is 0 Å². The lowest BCUT2D eigenvalue weighted by Gasteiger charge is -2.30. The summed E-state index contributed by atoms with van der Waals surface area (Å²) in [7, 11) is 1.67. The second-order valence-corrected chi connectivity index (χ2v) is 7.91. The number of oxazole rings is 1. The van der Waals surface area contributed by atoms with Crippen molar-refractivity contribution in [3.05, 3.63) is 77.8 Å². The maximum atomic E-state index is 12.4. The van der Waals surface area contributed by atoms with Gasteiger partial charge >= 0.3 is 0 Å². The maximum absolute atomic E-state index is 12.4. The fourth-order valence-corrected chi connectivity index (χ4v) is 3.21. The number of ether oxygens (including phenoxy) is 1. The molecule has 1 N–H and O–H groups in total. The highest BCUT2D eigenvalue weighted by Crippen LogP contribution is 2.20. The lowest BCUT2D eigenvalue weighted by molar-refractivity contribution is 0.0945. The SMILES string of the molecule is COc1cccc(CN(Cc2nc(C(=O)NCc3ccncc3)co2)[C@H](C)C(C)C)c1. The molecule has 3 rings (SSSR count). The van der Waals surface area contributed by atoms with Crippen LogP contribution in [0.3, 0.4) is 0 Å². The van der Waals surface area contributed by atoms with Gasteiger partial charge in [0, 0.05) is 31.5 Å². The molecule has 0 aliphatic carbocycles. The van der Waals surface area contributed by atoms with E-state index in [1.807, 2.05) is 30.3 Å². The first kappa shape index (κ1) is 22.5. The Hall–Kier alpha value is -3.19. The number of aromatic nitrogens is 2. The van der Waals surface area contributed by atoms with Crippen molar-refractivity contribution in [2.24, 2.45) is 5.92 Å². The van der Waals surface area contributed by atoms with Crippen LogP contribution >= 0.6 is 0 Å². The molecule has 0 unspecified atom stereocenters. The van der Waals surface area contributed by atoms with E-state index in [1.165, 1.54) is 6.26 Å². The number of rotatable bonds is 10. The summed E-state index contributed by atoms with van der Waals surface area (Å²) in [5, 5.41) is 2.86.